The van der Waals surface area contributed by atoms with E-state index < -0.39 is 0 Å². The Labute approximate surface area is 83.1 Å². The van der Waals surface area contributed by atoms with E-state index in [9.17, 15) is 0 Å². The molecule has 78 valence electrons. The van der Waals surface area contributed by atoms with Crippen molar-refractivity contribution in [1.29, 1.82) is 0 Å². The third-order valence-corrected chi connectivity index (χ3v) is 1.43. The summed E-state index contributed by atoms with van der Waals surface area (Å²) < 4.78 is 0. The molecule has 1 aromatic carbocycles. The minimum Gasteiger partial charge on any atom is -0.412 e. The Hall–Kier alpha value is -0.820. The van der Waals surface area contributed by atoms with Crippen LogP contribution in [0.4, 0.5) is 0 Å². The van der Waals surface area contributed by atoms with Gasteiger partial charge in [-0.2, -0.15) is 0 Å². The molecular formula is C12H24O. The van der Waals surface area contributed by atoms with Crippen LogP contribution in [-0.4, -0.2) is 5.48 Å². The summed E-state index contributed by atoms with van der Waals surface area (Å²) in [6, 6.07) is 8.36. The van der Waals surface area contributed by atoms with Gasteiger partial charge in [-0.3, -0.25) is 0 Å². The van der Waals surface area contributed by atoms with Gasteiger partial charge in [-0.15, -0.1) is 0 Å². The Balaban J connectivity index is -0.000000178. The van der Waals surface area contributed by atoms with Gasteiger partial charge < -0.3 is 5.48 Å². The summed E-state index contributed by atoms with van der Waals surface area (Å²) in [5, 5.41) is 0. The first-order valence-electron chi connectivity index (χ1n) is 4.83. The van der Waals surface area contributed by atoms with Crippen LogP contribution in [0.2, 0.25) is 0 Å². The van der Waals surface area contributed by atoms with E-state index in [-0.39, 0.29) is 5.48 Å². The summed E-state index contributed by atoms with van der Waals surface area (Å²) in [7, 11) is 0. The average molecular weight is 184 g/mol. The molecule has 0 spiro atoms. The molecule has 0 saturated heterocycles. The second-order valence-corrected chi connectivity index (χ2v) is 2.08. The lowest BCUT2D eigenvalue weighted by atomic mass is 10.1. The largest absolute Gasteiger partial charge is 0.412 e. The molecule has 0 bridgehead atoms. The van der Waals surface area contributed by atoms with E-state index in [0.717, 1.165) is 0 Å². The number of rotatable bonds is 0. The fourth-order valence-corrected chi connectivity index (χ4v) is 0.663. The maximum Gasteiger partial charge on any atom is -0.0395 e. The van der Waals surface area contributed by atoms with Gasteiger partial charge in [0, 0.05) is 0 Å². The molecule has 0 atom stereocenters. The van der Waals surface area contributed by atoms with Crippen LogP contribution >= 0.6 is 0 Å². The topological polar surface area (TPSA) is 31.5 Å². The van der Waals surface area contributed by atoms with E-state index in [1.54, 1.807) is 0 Å². The molecule has 1 heteroatoms. The molecule has 2 N–H and O–H groups in total. The van der Waals surface area contributed by atoms with Crippen molar-refractivity contribution in [3.8, 4) is 0 Å². The van der Waals surface area contributed by atoms with E-state index >= 15 is 0 Å². The Morgan fingerprint density at radius 1 is 0.692 bits per heavy atom. The normalized spacial score (nSPS) is 6.62. The van der Waals surface area contributed by atoms with Crippen molar-refractivity contribution >= 4 is 0 Å². The van der Waals surface area contributed by atoms with E-state index in [0.29, 0.717) is 0 Å². The van der Waals surface area contributed by atoms with Crippen LogP contribution in [-0.2, 0) is 0 Å². The minimum absolute atomic E-state index is 0. The average Bonchev–Trinajstić information content (AvgIpc) is 2.17. The van der Waals surface area contributed by atoms with Crippen molar-refractivity contribution in [3.05, 3.63) is 35.4 Å². The van der Waals surface area contributed by atoms with Crippen molar-refractivity contribution in [2.24, 2.45) is 0 Å². The first-order valence-corrected chi connectivity index (χ1v) is 4.83. The Morgan fingerprint density at radius 2 is 0.923 bits per heavy atom. The zero-order valence-electron chi connectivity index (χ0n) is 9.81. The van der Waals surface area contributed by atoms with Crippen LogP contribution in [0.25, 0.3) is 0 Å². The maximum atomic E-state index is 2.12. The highest BCUT2D eigenvalue weighted by atomic mass is 16.0. The van der Waals surface area contributed by atoms with Crippen LogP contribution in [0.1, 0.15) is 38.8 Å². The Bertz CT molecular complexity index is 161. The van der Waals surface area contributed by atoms with Gasteiger partial charge in [-0.05, 0) is 25.0 Å². The molecule has 0 fully saturated rings. The van der Waals surface area contributed by atoms with Crippen LogP contribution < -0.4 is 0 Å². The molecule has 1 rings (SSSR count). The maximum absolute atomic E-state index is 2.12. The second kappa shape index (κ2) is 13.7. The Morgan fingerprint density at radius 3 is 1.08 bits per heavy atom. The van der Waals surface area contributed by atoms with E-state index in [1.165, 1.54) is 11.1 Å². The fourth-order valence-electron chi connectivity index (χ4n) is 0.663. The van der Waals surface area contributed by atoms with Crippen molar-refractivity contribution < 1.29 is 5.48 Å². The SMILES string of the molecule is CC.CC.Cc1ccccc1C.O. The lowest BCUT2D eigenvalue weighted by Crippen LogP contribution is -1.74. The molecule has 0 aliphatic rings. The zero-order valence-corrected chi connectivity index (χ0v) is 9.81. The van der Waals surface area contributed by atoms with Gasteiger partial charge in [0.15, 0.2) is 0 Å². The van der Waals surface area contributed by atoms with E-state index in [4.69, 9.17) is 0 Å². The first-order chi connectivity index (χ1) is 5.80. The fraction of sp³-hybridized carbons (Fsp3) is 0.500. The van der Waals surface area contributed by atoms with Crippen LogP contribution in [0, 0.1) is 13.8 Å². The molecule has 0 aliphatic carbocycles. The monoisotopic (exact) mass is 184 g/mol. The lowest BCUT2D eigenvalue weighted by molar-refractivity contribution is 0.824. The molecule has 1 nitrogen and oxygen atoms in total. The standard InChI is InChI=1S/C8H10.2C2H6.H2O/c1-7-5-3-4-6-8(7)2;2*1-2;/h3-6H,1-2H3;2*1-2H3;1H2. The molecule has 0 radical (unpaired) electrons. The number of hydrogen-bond acceptors (Lipinski definition) is 0. The summed E-state index contributed by atoms with van der Waals surface area (Å²) in [5.41, 5.74) is 2.74. The molecule has 0 amide bonds. The number of benzene rings is 1. The van der Waals surface area contributed by atoms with Gasteiger partial charge in [-0.1, -0.05) is 52.0 Å². The van der Waals surface area contributed by atoms with Gasteiger partial charge in [0.05, 0.1) is 0 Å². The van der Waals surface area contributed by atoms with Crippen LogP contribution in [0.5, 0.6) is 0 Å². The molecular weight excluding hydrogens is 160 g/mol. The molecule has 0 aromatic heterocycles. The van der Waals surface area contributed by atoms with Gasteiger partial charge in [0.1, 0.15) is 0 Å². The van der Waals surface area contributed by atoms with Crippen molar-refractivity contribution in [2.45, 2.75) is 41.5 Å². The smallest absolute Gasteiger partial charge is 0.0395 e. The molecule has 0 saturated carbocycles. The summed E-state index contributed by atoms with van der Waals surface area (Å²) in [6.07, 6.45) is 0. The molecule has 1 aromatic rings. The summed E-state index contributed by atoms with van der Waals surface area (Å²) in [6.45, 7) is 12.2. The van der Waals surface area contributed by atoms with Gasteiger partial charge in [-0.25, -0.2) is 0 Å². The van der Waals surface area contributed by atoms with Crippen LogP contribution in [0.15, 0.2) is 24.3 Å². The predicted molar refractivity (Wildman–Crippen MR) is 62.2 cm³/mol. The van der Waals surface area contributed by atoms with Crippen molar-refractivity contribution in [2.75, 3.05) is 0 Å². The number of aryl methyl sites for hydroxylation is 2. The van der Waals surface area contributed by atoms with Crippen LogP contribution in [0.3, 0.4) is 0 Å². The molecule has 0 unspecified atom stereocenters. The third-order valence-electron chi connectivity index (χ3n) is 1.43. The molecule has 0 heterocycles. The van der Waals surface area contributed by atoms with E-state index in [2.05, 4.69) is 38.1 Å². The van der Waals surface area contributed by atoms with Crippen molar-refractivity contribution in [1.82, 2.24) is 0 Å². The first kappa shape index (κ1) is 18.1. The third kappa shape index (κ3) is 9.09. The second-order valence-electron chi connectivity index (χ2n) is 2.08. The highest BCUT2D eigenvalue weighted by Gasteiger charge is 1.83. The van der Waals surface area contributed by atoms with Gasteiger partial charge in [0.25, 0.3) is 0 Å². The Kier molecular flexibility index (Phi) is 19.1. The van der Waals surface area contributed by atoms with E-state index in [1.807, 2.05) is 27.7 Å². The molecule has 13 heavy (non-hydrogen) atoms. The highest BCUT2D eigenvalue weighted by molar-refractivity contribution is 5.23. The number of hydrogen-bond donors (Lipinski definition) is 0. The molecule has 0 aliphatic heterocycles. The lowest BCUT2D eigenvalue weighted by Gasteiger charge is -1.93. The summed E-state index contributed by atoms with van der Waals surface area (Å²) in [5.74, 6) is 0. The quantitative estimate of drug-likeness (QED) is 0.591. The van der Waals surface area contributed by atoms with Gasteiger partial charge >= 0.3 is 0 Å². The predicted octanol–water partition coefficient (Wildman–Crippen LogP) is 3.53. The van der Waals surface area contributed by atoms with Gasteiger partial charge in [0.2, 0.25) is 0 Å². The summed E-state index contributed by atoms with van der Waals surface area (Å²) >= 11 is 0. The minimum atomic E-state index is 0. The van der Waals surface area contributed by atoms with Crippen molar-refractivity contribution in [3.63, 3.8) is 0 Å². The zero-order chi connectivity index (χ0) is 9.98. The highest BCUT2D eigenvalue weighted by Crippen LogP contribution is 2.02. The summed E-state index contributed by atoms with van der Waals surface area (Å²) in [4.78, 5) is 0.